The molecule has 0 aliphatic rings. The summed E-state index contributed by atoms with van der Waals surface area (Å²) in [6, 6.07) is 5.91. The second kappa shape index (κ2) is 5.66. The lowest BCUT2D eigenvalue weighted by atomic mass is 9.86. The van der Waals surface area contributed by atoms with Gasteiger partial charge >= 0.3 is 5.97 Å². The lowest BCUT2D eigenvalue weighted by Crippen LogP contribution is -2.19. The summed E-state index contributed by atoms with van der Waals surface area (Å²) < 4.78 is 18.2. The molecular formula is C13H17FO3. The van der Waals surface area contributed by atoms with Gasteiger partial charge < -0.3 is 9.84 Å². The van der Waals surface area contributed by atoms with Crippen LogP contribution in [-0.4, -0.2) is 17.7 Å². The van der Waals surface area contributed by atoms with Gasteiger partial charge in [0.1, 0.15) is 11.6 Å². The van der Waals surface area contributed by atoms with Crippen LogP contribution >= 0.6 is 0 Å². The maximum absolute atomic E-state index is 12.8. The summed E-state index contributed by atoms with van der Waals surface area (Å²) in [4.78, 5) is 10.6. The molecular weight excluding hydrogens is 223 g/mol. The second-order valence-electron chi connectivity index (χ2n) is 4.79. The minimum atomic E-state index is -0.819. The van der Waals surface area contributed by atoms with E-state index < -0.39 is 5.97 Å². The van der Waals surface area contributed by atoms with Gasteiger partial charge in [-0.3, -0.25) is 4.79 Å². The predicted molar refractivity (Wildman–Crippen MR) is 62.5 cm³/mol. The summed E-state index contributed by atoms with van der Waals surface area (Å²) in [5.41, 5.74) is -0.320. The molecule has 0 bridgehead atoms. The number of carboxylic acids is 1. The minimum Gasteiger partial charge on any atom is -0.493 e. The van der Waals surface area contributed by atoms with E-state index in [4.69, 9.17) is 9.84 Å². The molecule has 1 rings (SSSR count). The molecule has 0 saturated heterocycles. The molecule has 17 heavy (non-hydrogen) atoms. The Morgan fingerprint density at radius 3 is 2.76 bits per heavy atom. The molecule has 0 saturated carbocycles. The zero-order valence-corrected chi connectivity index (χ0v) is 10.1. The molecule has 1 aromatic carbocycles. The van der Waals surface area contributed by atoms with Gasteiger partial charge in [0.25, 0.3) is 0 Å². The summed E-state index contributed by atoms with van der Waals surface area (Å²) in [6.45, 7) is 4.12. The van der Waals surface area contributed by atoms with Crippen LogP contribution in [0.1, 0.15) is 26.7 Å². The predicted octanol–water partition coefficient (Wildman–Crippen LogP) is 3.10. The lowest BCUT2D eigenvalue weighted by Gasteiger charge is -2.22. The van der Waals surface area contributed by atoms with E-state index in [-0.39, 0.29) is 17.7 Å². The van der Waals surface area contributed by atoms with Crippen molar-refractivity contribution in [1.82, 2.24) is 0 Å². The van der Waals surface area contributed by atoms with Crippen LogP contribution in [0.4, 0.5) is 4.39 Å². The highest BCUT2D eigenvalue weighted by atomic mass is 19.1. The SMILES string of the molecule is CC(C)(CCOc1cccc(F)c1)CC(=O)O. The highest BCUT2D eigenvalue weighted by Crippen LogP contribution is 2.25. The van der Waals surface area contributed by atoms with Gasteiger partial charge in [-0.2, -0.15) is 0 Å². The number of hydrogen-bond donors (Lipinski definition) is 1. The van der Waals surface area contributed by atoms with Crippen molar-refractivity contribution in [1.29, 1.82) is 0 Å². The first-order chi connectivity index (χ1) is 7.89. The quantitative estimate of drug-likeness (QED) is 0.831. The van der Waals surface area contributed by atoms with E-state index in [1.54, 1.807) is 12.1 Å². The van der Waals surface area contributed by atoms with Crippen molar-refractivity contribution in [2.45, 2.75) is 26.7 Å². The summed E-state index contributed by atoms with van der Waals surface area (Å²) >= 11 is 0. The van der Waals surface area contributed by atoms with Crippen molar-refractivity contribution in [3.8, 4) is 5.75 Å². The van der Waals surface area contributed by atoms with Crippen LogP contribution in [0.25, 0.3) is 0 Å². The van der Waals surface area contributed by atoms with Gasteiger partial charge in [-0.25, -0.2) is 4.39 Å². The Bertz CT molecular complexity index is 388. The van der Waals surface area contributed by atoms with Crippen molar-refractivity contribution in [2.75, 3.05) is 6.61 Å². The van der Waals surface area contributed by atoms with E-state index in [9.17, 15) is 9.18 Å². The van der Waals surface area contributed by atoms with Gasteiger partial charge in [0, 0.05) is 6.07 Å². The third kappa shape index (κ3) is 5.33. The Morgan fingerprint density at radius 1 is 1.47 bits per heavy atom. The molecule has 0 radical (unpaired) electrons. The summed E-state index contributed by atoms with van der Waals surface area (Å²) in [5, 5.41) is 8.71. The molecule has 0 unspecified atom stereocenters. The largest absolute Gasteiger partial charge is 0.493 e. The fourth-order valence-electron chi connectivity index (χ4n) is 1.50. The molecule has 0 fully saturated rings. The fraction of sp³-hybridized carbons (Fsp3) is 0.462. The van der Waals surface area contributed by atoms with E-state index in [0.29, 0.717) is 18.8 Å². The topological polar surface area (TPSA) is 46.5 Å². The van der Waals surface area contributed by atoms with Gasteiger partial charge in [0.15, 0.2) is 0 Å². The van der Waals surface area contributed by atoms with Crippen LogP contribution in [0, 0.1) is 11.2 Å². The molecule has 0 aromatic heterocycles. The number of ether oxygens (including phenoxy) is 1. The van der Waals surface area contributed by atoms with E-state index in [0.717, 1.165) is 0 Å². The summed E-state index contributed by atoms with van der Waals surface area (Å²) in [5.74, 6) is -0.691. The molecule has 0 amide bonds. The van der Waals surface area contributed by atoms with Crippen molar-refractivity contribution in [3.63, 3.8) is 0 Å². The van der Waals surface area contributed by atoms with Crippen LogP contribution in [-0.2, 0) is 4.79 Å². The number of hydrogen-bond acceptors (Lipinski definition) is 2. The molecule has 1 N–H and O–H groups in total. The first-order valence-electron chi connectivity index (χ1n) is 5.49. The lowest BCUT2D eigenvalue weighted by molar-refractivity contribution is -0.139. The Balaban J connectivity index is 2.39. The van der Waals surface area contributed by atoms with Crippen molar-refractivity contribution in [2.24, 2.45) is 5.41 Å². The Kier molecular flexibility index (Phi) is 4.49. The third-order valence-corrected chi connectivity index (χ3v) is 2.47. The molecule has 0 atom stereocenters. The molecule has 0 aliphatic carbocycles. The molecule has 1 aromatic rings. The van der Waals surface area contributed by atoms with Gasteiger partial charge in [0.05, 0.1) is 13.0 Å². The number of benzene rings is 1. The number of carbonyl (C=O) groups is 1. The summed E-state index contributed by atoms with van der Waals surface area (Å²) in [6.07, 6.45) is 0.704. The molecule has 0 aliphatic heterocycles. The molecule has 3 nitrogen and oxygen atoms in total. The Labute approximate surface area is 100 Å². The number of halogens is 1. The smallest absolute Gasteiger partial charge is 0.303 e. The molecule has 0 heterocycles. The van der Waals surface area contributed by atoms with Crippen molar-refractivity contribution < 1.29 is 19.0 Å². The van der Waals surface area contributed by atoms with Gasteiger partial charge in [0.2, 0.25) is 0 Å². The molecule has 94 valence electrons. The highest BCUT2D eigenvalue weighted by Gasteiger charge is 2.21. The van der Waals surface area contributed by atoms with E-state index in [1.807, 2.05) is 13.8 Å². The maximum atomic E-state index is 12.8. The second-order valence-corrected chi connectivity index (χ2v) is 4.79. The first-order valence-corrected chi connectivity index (χ1v) is 5.49. The molecule has 4 heteroatoms. The standard InChI is InChI=1S/C13H17FO3/c1-13(2,9-12(15)16)6-7-17-11-5-3-4-10(14)8-11/h3-5,8H,6-7,9H2,1-2H3,(H,15,16). The van der Waals surface area contributed by atoms with E-state index in [1.165, 1.54) is 12.1 Å². The van der Waals surface area contributed by atoms with Crippen LogP contribution in [0.3, 0.4) is 0 Å². The third-order valence-electron chi connectivity index (χ3n) is 2.47. The Morgan fingerprint density at radius 2 is 2.18 bits per heavy atom. The van der Waals surface area contributed by atoms with Crippen LogP contribution in [0.15, 0.2) is 24.3 Å². The normalized spacial score (nSPS) is 11.2. The van der Waals surface area contributed by atoms with Crippen molar-refractivity contribution >= 4 is 5.97 Å². The van der Waals surface area contributed by atoms with Crippen molar-refractivity contribution in [3.05, 3.63) is 30.1 Å². The van der Waals surface area contributed by atoms with Crippen LogP contribution < -0.4 is 4.74 Å². The first kappa shape index (κ1) is 13.5. The fourth-order valence-corrected chi connectivity index (χ4v) is 1.50. The molecule has 0 spiro atoms. The number of aliphatic carboxylic acids is 1. The summed E-state index contributed by atoms with van der Waals surface area (Å²) in [7, 11) is 0. The van der Waals surface area contributed by atoms with E-state index in [2.05, 4.69) is 0 Å². The van der Waals surface area contributed by atoms with Crippen LogP contribution in [0.5, 0.6) is 5.75 Å². The monoisotopic (exact) mass is 240 g/mol. The van der Waals surface area contributed by atoms with Crippen LogP contribution in [0.2, 0.25) is 0 Å². The van der Waals surface area contributed by atoms with E-state index >= 15 is 0 Å². The van der Waals surface area contributed by atoms with Gasteiger partial charge in [-0.1, -0.05) is 19.9 Å². The zero-order chi connectivity index (χ0) is 12.9. The average Bonchev–Trinajstić information content (AvgIpc) is 2.15. The maximum Gasteiger partial charge on any atom is 0.303 e. The number of carboxylic acid groups (broad SMARTS) is 1. The zero-order valence-electron chi connectivity index (χ0n) is 10.1. The minimum absolute atomic E-state index is 0.0967. The average molecular weight is 240 g/mol. The van der Waals surface area contributed by atoms with Gasteiger partial charge in [-0.05, 0) is 24.0 Å². The number of rotatable bonds is 6. The Hall–Kier alpha value is -1.58. The van der Waals surface area contributed by atoms with Gasteiger partial charge in [-0.15, -0.1) is 0 Å². The highest BCUT2D eigenvalue weighted by molar-refractivity contribution is 5.67.